The van der Waals surface area contributed by atoms with Crippen LogP contribution < -0.4 is 0 Å². The van der Waals surface area contributed by atoms with Crippen molar-refractivity contribution in [1.82, 2.24) is 4.90 Å². The number of carbonyl (C=O) groups is 1. The van der Waals surface area contributed by atoms with E-state index in [-0.39, 0.29) is 39.2 Å². The van der Waals surface area contributed by atoms with Gasteiger partial charge >= 0.3 is 0 Å². The van der Waals surface area contributed by atoms with Gasteiger partial charge in [-0.2, -0.15) is 0 Å². The lowest BCUT2D eigenvalue weighted by Crippen LogP contribution is -2.39. The van der Waals surface area contributed by atoms with Gasteiger partial charge in [-0.3, -0.25) is 14.9 Å². The molecule has 0 aliphatic carbocycles. The van der Waals surface area contributed by atoms with Crippen molar-refractivity contribution in [2.45, 2.75) is 33.7 Å². The van der Waals surface area contributed by atoms with Crippen molar-refractivity contribution < 1.29 is 9.72 Å². The Bertz CT molecular complexity index is 559. The maximum atomic E-state index is 12.6. The van der Waals surface area contributed by atoms with E-state index in [9.17, 15) is 14.9 Å². The molecular weight excluding hydrogens is 315 g/mol. The molecule has 0 aliphatic heterocycles. The number of nitro groups is 1. The monoisotopic (exact) mass is 332 g/mol. The first-order valence-corrected chi connectivity index (χ1v) is 7.35. The van der Waals surface area contributed by atoms with E-state index in [1.807, 2.05) is 27.7 Å². The van der Waals surface area contributed by atoms with Gasteiger partial charge in [0.25, 0.3) is 11.6 Å². The predicted molar refractivity (Wildman–Crippen MR) is 84.1 cm³/mol. The van der Waals surface area contributed by atoms with E-state index in [0.29, 0.717) is 6.54 Å². The summed E-state index contributed by atoms with van der Waals surface area (Å²) in [5, 5.41) is 10.9. The van der Waals surface area contributed by atoms with Gasteiger partial charge in [-0.15, -0.1) is 0 Å². The molecule has 116 valence electrons. The summed E-state index contributed by atoms with van der Waals surface area (Å²) in [5.41, 5.74) is -0.189. The highest BCUT2D eigenvalue weighted by molar-refractivity contribution is 6.44. The minimum absolute atomic E-state index is 0.00229. The molecule has 1 aromatic rings. The van der Waals surface area contributed by atoms with E-state index in [1.54, 1.807) is 4.90 Å². The molecule has 0 aromatic heterocycles. The van der Waals surface area contributed by atoms with E-state index in [1.165, 1.54) is 6.07 Å². The Hall–Kier alpha value is -1.33. The van der Waals surface area contributed by atoms with Crippen LogP contribution in [0.3, 0.4) is 0 Å². The maximum Gasteiger partial charge on any atom is 0.271 e. The van der Waals surface area contributed by atoms with Gasteiger partial charge in [0.1, 0.15) is 0 Å². The molecule has 1 amide bonds. The normalized spacial score (nSPS) is 11.0. The Morgan fingerprint density at radius 3 is 2.29 bits per heavy atom. The third-order valence-corrected chi connectivity index (χ3v) is 3.70. The minimum atomic E-state index is -0.596. The number of rotatable bonds is 5. The van der Waals surface area contributed by atoms with Gasteiger partial charge in [0, 0.05) is 24.7 Å². The van der Waals surface area contributed by atoms with Gasteiger partial charge in [-0.05, 0) is 19.8 Å². The van der Waals surface area contributed by atoms with Crippen LogP contribution in [0.25, 0.3) is 0 Å². The van der Waals surface area contributed by atoms with E-state index >= 15 is 0 Å². The number of nitro benzene ring substituents is 1. The zero-order valence-corrected chi connectivity index (χ0v) is 13.9. The van der Waals surface area contributed by atoms with Crippen LogP contribution in [0.15, 0.2) is 12.1 Å². The second kappa shape index (κ2) is 7.09. The van der Waals surface area contributed by atoms with Gasteiger partial charge in [0.2, 0.25) is 0 Å². The summed E-state index contributed by atoms with van der Waals surface area (Å²) in [7, 11) is 0. The maximum absolute atomic E-state index is 12.6. The van der Waals surface area contributed by atoms with Crippen molar-refractivity contribution in [2.24, 2.45) is 5.92 Å². The average Bonchev–Trinajstić information content (AvgIpc) is 2.37. The molecule has 7 heteroatoms. The molecule has 5 nitrogen and oxygen atoms in total. The molecule has 0 N–H and O–H groups in total. The van der Waals surface area contributed by atoms with Crippen molar-refractivity contribution in [3.63, 3.8) is 0 Å². The lowest BCUT2D eigenvalue weighted by atomic mass is 10.1. The van der Waals surface area contributed by atoms with Crippen LogP contribution in [0.4, 0.5) is 5.69 Å². The van der Waals surface area contributed by atoms with E-state index in [0.717, 1.165) is 6.07 Å². The van der Waals surface area contributed by atoms with E-state index in [2.05, 4.69) is 0 Å². The summed E-state index contributed by atoms with van der Waals surface area (Å²) < 4.78 is 0. The molecule has 0 heterocycles. The standard InChI is InChI=1S/C14H18Cl2N2O3/c1-8(2)7-17(9(3)4)14(19)11-5-10(18(20)21)6-12(15)13(11)16/h5-6,8-9H,7H2,1-4H3. The van der Waals surface area contributed by atoms with Crippen LogP contribution >= 0.6 is 23.2 Å². The highest BCUT2D eigenvalue weighted by Gasteiger charge is 2.25. The number of halogens is 2. The van der Waals surface area contributed by atoms with Crippen molar-refractivity contribution >= 4 is 34.8 Å². The van der Waals surface area contributed by atoms with Crippen molar-refractivity contribution in [3.8, 4) is 0 Å². The van der Waals surface area contributed by atoms with Crippen LogP contribution in [0.1, 0.15) is 38.1 Å². The SMILES string of the molecule is CC(C)CN(C(=O)c1cc([N+](=O)[O-])cc(Cl)c1Cl)C(C)C. The first kappa shape index (κ1) is 17.7. The lowest BCUT2D eigenvalue weighted by molar-refractivity contribution is -0.384. The quantitative estimate of drug-likeness (QED) is 0.592. The van der Waals surface area contributed by atoms with Crippen LogP contribution in [-0.2, 0) is 0 Å². The molecule has 0 radical (unpaired) electrons. The number of non-ortho nitro benzene ring substituents is 1. The number of hydrogen-bond acceptors (Lipinski definition) is 3. The minimum Gasteiger partial charge on any atom is -0.336 e. The Morgan fingerprint density at radius 1 is 1.29 bits per heavy atom. The number of carbonyl (C=O) groups excluding carboxylic acids is 1. The van der Waals surface area contributed by atoms with Crippen LogP contribution in [0.2, 0.25) is 10.0 Å². The molecular formula is C14H18Cl2N2O3. The van der Waals surface area contributed by atoms with Crippen molar-refractivity contribution in [1.29, 1.82) is 0 Å². The van der Waals surface area contributed by atoms with E-state index in [4.69, 9.17) is 23.2 Å². The second-order valence-electron chi connectivity index (χ2n) is 5.49. The molecule has 0 bridgehead atoms. The Kier molecular flexibility index (Phi) is 5.98. The summed E-state index contributed by atoms with van der Waals surface area (Å²) in [6.45, 7) is 8.28. The van der Waals surface area contributed by atoms with Crippen molar-refractivity contribution in [3.05, 3.63) is 37.9 Å². The fourth-order valence-corrected chi connectivity index (χ4v) is 2.32. The van der Waals surface area contributed by atoms with E-state index < -0.39 is 4.92 Å². The van der Waals surface area contributed by atoms with Gasteiger partial charge in [0.05, 0.1) is 20.5 Å². The molecule has 21 heavy (non-hydrogen) atoms. The predicted octanol–water partition coefficient (Wildman–Crippen LogP) is 4.41. The van der Waals surface area contributed by atoms with Gasteiger partial charge < -0.3 is 4.90 Å². The fourth-order valence-electron chi connectivity index (χ4n) is 1.91. The largest absolute Gasteiger partial charge is 0.336 e. The second-order valence-corrected chi connectivity index (χ2v) is 6.28. The Morgan fingerprint density at radius 2 is 1.86 bits per heavy atom. The molecule has 1 aromatic carbocycles. The smallest absolute Gasteiger partial charge is 0.271 e. The molecule has 0 aliphatic rings. The summed E-state index contributed by atoms with van der Waals surface area (Å²) in [6, 6.07) is 2.27. The number of hydrogen-bond donors (Lipinski definition) is 0. The molecule has 0 fully saturated rings. The van der Waals surface area contributed by atoms with Crippen LogP contribution in [-0.4, -0.2) is 28.3 Å². The Labute approximate surface area is 134 Å². The summed E-state index contributed by atoms with van der Waals surface area (Å²) >= 11 is 11.9. The molecule has 0 saturated heterocycles. The lowest BCUT2D eigenvalue weighted by Gasteiger charge is -2.29. The number of benzene rings is 1. The third-order valence-electron chi connectivity index (χ3n) is 2.90. The van der Waals surface area contributed by atoms with Gasteiger partial charge in [-0.1, -0.05) is 37.0 Å². The van der Waals surface area contributed by atoms with Gasteiger partial charge in [-0.25, -0.2) is 0 Å². The summed E-state index contributed by atoms with van der Waals surface area (Å²) in [4.78, 5) is 24.6. The summed E-state index contributed by atoms with van der Waals surface area (Å²) in [6.07, 6.45) is 0. The van der Waals surface area contributed by atoms with Crippen LogP contribution in [0.5, 0.6) is 0 Å². The first-order valence-electron chi connectivity index (χ1n) is 6.59. The molecule has 0 spiro atoms. The fraction of sp³-hybridized carbons (Fsp3) is 0.500. The third kappa shape index (κ3) is 4.32. The summed E-state index contributed by atoms with van der Waals surface area (Å²) in [5.74, 6) is -0.0846. The Balaban J connectivity index is 3.30. The average molecular weight is 333 g/mol. The van der Waals surface area contributed by atoms with Gasteiger partial charge in [0.15, 0.2) is 0 Å². The zero-order valence-electron chi connectivity index (χ0n) is 12.4. The molecule has 0 atom stereocenters. The molecule has 0 unspecified atom stereocenters. The topological polar surface area (TPSA) is 63.5 Å². The highest BCUT2D eigenvalue weighted by Crippen LogP contribution is 2.32. The molecule has 0 saturated carbocycles. The first-order chi connectivity index (χ1) is 9.65. The van der Waals surface area contributed by atoms with Crippen LogP contribution in [0, 0.1) is 16.0 Å². The zero-order chi connectivity index (χ0) is 16.3. The molecule has 1 rings (SSSR count). The highest BCUT2D eigenvalue weighted by atomic mass is 35.5. The number of amides is 1. The number of nitrogens with zero attached hydrogens (tertiary/aromatic N) is 2. The van der Waals surface area contributed by atoms with Crippen molar-refractivity contribution in [2.75, 3.05) is 6.54 Å².